The Morgan fingerprint density at radius 3 is 2.64 bits per heavy atom. The van der Waals surface area contributed by atoms with Gasteiger partial charge in [0.15, 0.2) is 0 Å². The summed E-state index contributed by atoms with van der Waals surface area (Å²) < 4.78 is 0. The second-order valence-corrected chi connectivity index (χ2v) is 6.64. The zero-order valence-corrected chi connectivity index (χ0v) is 12.6. The van der Waals surface area contributed by atoms with Gasteiger partial charge >= 0.3 is 0 Å². The number of carbonyl (C=O) groups excluding carboxylic acids is 1. The number of nitrogens with one attached hydrogen (secondary N) is 1. The molecule has 2 aliphatic carbocycles. The zero-order chi connectivity index (χ0) is 15.1. The smallest absolute Gasteiger partial charge is 0.251 e. The lowest BCUT2D eigenvalue weighted by Crippen LogP contribution is -2.25. The van der Waals surface area contributed by atoms with Crippen molar-refractivity contribution in [3.05, 3.63) is 42.0 Å². The van der Waals surface area contributed by atoms with Crippen LogP contribution in [0.3, 0.4) is 0 Å². The van der Waals surface area contributed by atoms with Crippen LogP contribution in [-0.4, -0.2) is 17.6 Å². The number of amides is 1. The van der Waals surface area contributed by atoms with Crippen molar-refractivity contribution in [3.8, 4) is 5.75 Å². The maximum Gasteiger partial charge on any atom is 0.251 e. The Bertz CT molecular complexity index is 714. The van der Waals surface area contributed by atoms with E-state index in [1.54, 1.807) is 12.1 Å². The zero-order valence-electron chi connectivity index (χ0n) is 12.6. The van der Waals surface area contributed by atoms with Crippen molar-refractivity contribution in [3.63, 3.8) is 0 Å². The molecule has 0 bridgehead atoms. The molecule has 1 amide bonds. The molecular weight excluding hydrogens is 274 g/mol. The van der Waals surface area contributed by atoms with Crippen molar-refractivity contribution in [2.75, 3.05) is 6.54 Å². The molecule has 3 heteroatoms. The van der Waals surface area contributed by atoms with Crippen molar-refractivity contribution in [1.82, 2.24) is 5.32 Å². The average Bonchev–Trinajstić information content (AvgIpc) is 2.95. The molecule has 4 rings (SSSR count). The molecule has 0 heterocycles. The molecule has 0 saturated heterocycles. The SMILES string of the molecule is O=C(NCCC1C2CCCC21)c1cccc2c(O)cccc12. The van der Waals surface area contributed by atoms with Gasteiger partial charge in [-0.3, -0.25) is 4.79 Å². The van der Waals surface area contributed by atoms with Gasteiger partial charge in [-0.25, -0.2) is 0 Å². The Labute approximate surface area is 130 Å². The number of carbonyl (C=O) groups is 1. The molecule has 2 N–H and O–H groups in total. The highest BCUT2D eigenvalue weighted by Gasteiger charge is 2.51. The minimum atomic E-state index is -0.0398. The first-order valence-corrected chi connectivity index (χ1v) is 8.24. The maximum absolute atomic E-state index is 12.4. The van der Waals surface area contributed by atoms with Gasteiger partial charge in [-0.05, 0) is 54.5 Å². The van der Waals surface area contributed by atoms with E-state index in [1.807, 2.05) is 24.3 Å². The van der Waals surface area contributed by atoms with E-state index in [9.17, 15) is 9.90 Å². The number of benzene rings is 2. The number of hydrogen-bond acceptors (Lipinski definition) is 2. The fourth-order valence-electron chi connectivity index (χ4n) is 4.34. The highest BCUT2D eigenvalue weighted by Crippen LogP contribution is 2.58. The van der Waals surface area contributed by atoms with E-state index in [0.29, 0.717) is 5.56 Å². The summed E-state index contributed by atoms with van der Waals surface area (Å²) in [6.07, 6.45) is 5.30. The predicted octanol–water partition coefficient (Wildman–Crippen LogP) is 3.71. The van der Waals surface area contributed by atoms with Crippen LogP contribution >= 0.6 is 0 Å². The average molecular weight is 295 g/mol. The highest BCUT2D eigenvalue weighted by atomic mass is 16.3. The van der Waals surface area contributed by atoms with Gasteiger partial charge in [0, 0.05) is 17.5 Å². The van der Waals surface area contributed by atoms with Crippen LogP contribution in [0.5, 0.6) is 5.75 Å². The maximum atomic E-state index is 12.4. The molecule has 2 fully saturated rings. The first-order valence-electron chi connectivity index (χ1n) is 8.24. The van der Waals surface area contributed by atoms with Gasteiger partial charge in [-0.2, -0.15) is 0 Å². The van der Waals surface area contributed by atoms with Crippen molar-refractivity contribution in [1.29, 1.82) is 0 Å². The molecule has 0 spiro atoms. The standard InChI is InChI=1S/C19H21NO2/c21-18-9-3-6-14-16(18)7-2-8-17(14)19(22)20-11-10-15-12-4-1-5-13(12)15/h2-3,6-9,12-13,15,21H,1,4-5,10-11H2,(H,20,22). The topological polar surface area (TPSA) is 49.3 Å². The summed E-state index contributed by atoms with van der Waals surface area (Å²) >= 11 is 0. The summed E-state index contributed by atoms with van der Waals surface area (Å²) in [5, 5.41) is 14.5. The number of rotatable bonds is 4. The second kappa shape index (κ2) is 5.31. The Morgan fingerprint density at radius 2 is 1.82 bits per heavy atom. The van der Waals surface area contributed by atoms with Gasteiger partial charge in [0.25, 0.3) is 5.91 Å². The Kier molecular flexibility index (Phi) is 3.29. The lowest BCUT2D eigenvalue weighted by atomic mass is 10.0. The monoisotopic (exact) mass is 295 g/mol. The normalized spacial score (nSPS) is 25.9. The van der Waals surface area contributed by atoms with Crippen molar-refractivity contribution >= 4 is 16.7 Å². The van der Waals surface area contributed by atoms with Crippen LogP contribution in [0.4, 0.5) is 0 Å². The van der Waals surface area contributed by atoms with Crippen LogP contribution in [0, 0.1) is 17.8 Å². The molecule has 0 aromatic heterocycles. The molecule has 2 aliphatic rings. The van der Waals surface area contributed by atoms with E-state index in [-0.39, 0.29) is 11.7 Å². The van der Waals surface area contributed by atoms with Crippen molar-refractivity contribution in [2.45, 2.75) is 25.7 Å². The molecule has 3 nitrogen and oxygen atoms in total. The van der Waals surface area contributed by atoms with E-state index in [0.717, 1.165) is 41.5 Å². The van der Waals surface area contributed by atoms with E-state index >= 15 is 0 Å². The molecule has 2 saturated carbocycles. The molecule has 2 atom stereocenters. The molecule has 2 aromatic rings. The van der Waals surface area contributed by atoms with E-state index in [4.69, 9.17) is 0 Å². The number of aromatic hydroxyl groups is 1. The summed E-state index contributed by atoms with van der Waals surface area (Å²) in [5.41, 5.74) is 0.643. The lowest BCUT2D eigenvalue weighted by molar-refractivity contribution is 0.0954. The summed E-state index contributed by atoms with van der Waals surface area (Å²) in [5.74, 6) is 2.93. The van der Waals surface area contributed by atoms with E-state index in [1.165, 1.54) is 19.3 Å². The summed E-state index contributed by atoms with van der Waals surface area (Å²) in [6, 6.07) is 10.8. The molecule has 2 aromatic carbocycles. The number of fused-ring (bicyclic) bond motifs is 2. The third kappa shape index (κ3) is 2.25. The van der Waals surface area contributed by atoms with Crippen molar-refractivity contribution < 1.29 is 9.90 Å². The molecule has 22 heavy (non-hydrogen) atoms. The Balaban J connectivity index is 1.43. The molecule has 0 radical (unpaired) electrons. The highest BCUT2D eigenvalue weighted by molar-refractivity contribution is 6.08. The first-order chi connectivity index (χ1) is 10.8. The van der Waals surface area contributed by atoms with Gasteiger partial charge in [0.2, 0.25) is 0 Å². The summed E-state index contributed by atoms with van der Waals surface area (Å²) in [6.45, 7) is 0.756. The van der Waals surface area contributed by atoms with Crippen LogP contribution in [0.2, 0.25) is 0 Å². The minimum absolute atomic E-state index is 0.0398. The molecule has 0 aliphatic heterocycles. The van der Waals surface area contributed by atoms with Crippen LogP contribution in [-0.2, 0) is 0 Å². The van der Waals surface area contributed by atoms with Gasteiger partial charge in [0.1, 0.15) is 5.75 Å². The fourth-order valence-corrected chi connectivity index (χ4v) is 4.34. The van der Waals surface area contributed by atoms with Crippen molar-refractivity contribution in [2.24, 2.45) is 17.8 Å². The quantitative estimate of drug-likeness (QED) is 0.903. The van der Waals surface area contributed by atoms with E-state index < -0.39 is 0 Å². The minimum Gasteiger partial charge on any atom is -0.507 e. The lowest BCUT2D eigenvalue weighted by Gasteiger charge is -2.09. The molecule has 114 valence electrons. The third-order valence-electron chi connectivity index (χ3n) is 5.49. The van der Waals surface area contributed by atoms with Gasteiger partial charge in [-0.15, -0.1) is 0 Å². The van der Waals surface area contributed by atoms with Gasteiger partial charge in [-0.1, -0.05) is 30.7 Å². The summed E-state index contributed by atoms with van der Waals surface area (Å²) in [7, 11) is 0. The van der Waals surface area contributed by atoms with Crippen LogP contribution in [0.25, 0.3) is 10.8 Å². The molecular formula is C19H21NO2. The Morgan fingerprint density at radius 1 is 1.09 bits per heavy atom. The number of phenols is 1. The third-order valence-corrected chi connectivity index (χ3v) is 5.49. The van der Waals surface area contributed by atoms with Crippen LogP contribution in [0.15, 0.2) is 36.4 Å². The van der Waals surface area contributed by atoms with Crippen LogP contribution < -0.4 is 5.32 Å². The number of hydrogen-bond donors (Lipinski definition) is 2. The van der Waals surface area contributed by atoms with Gasteiger partial charge < -0.3 is 10.4 Å². The Hall–Kier alpha value is -2.03. The summed E-state index contributed by atoms with van der Waals surface area (Å²) in [4.78, 5) is 12.4. The first kappa shape index (κ1) is 13.6. The number of phenolic OH excluding ortho intramolecular Hbond substituents is 1. The van der Waals surface area contributed by atoms with E-state index in [2.05, 4.69) is 5.32 Å². The predicted molar refractivity (Wildman–Crippen MR) is 86.9 cm³/mol. The largest absolute Gasteiger partial charge is 0.507 e. The molecule has 2 unspecified atom stereocenters. The van der Waals surface area contributed by atoms with Gasteiger partial charge in [0.05, 0.1) is 0 Å². The van der Waals surface area contributed by atoms with Crippen LogP contribution in [0.1, 0.15) is 36.0 Å². The fraction of sp³-hybridized carbons (Fsp3) is 0.421. The second-order valence-electron chi connectivity index (χ2n) is 6.64.